The zero-order valence-electron chi connectivity index (χ0n) is 19.2. The molecule has 8 heteroatoms. The lowest BCUT2D eigenvalue weighted by molar-refractivity contribution is -0.142. The number of carboxylic acid groups (broad SMARTS) is 2. The summed E-state index contributed by atoms with van der Waals surface area (Å²) in [5.41, 5.74) is 7.15. The Hall–Kier alpha value is -3.88. The molecule has 0 aliphatic carbocycles. The van der Waals surface area contributed by atoms with Crippen molar-refractivity contribution in [3.05, 3.63) is 95.6 Å². The molecule has 1 saturated heterocycles. The molecule has 4 N–H and O–H groups in total. The number of nitrogens with two attached hydrogens (primary N) is 1. The number of carbonyl (C=O) groups is 2. The van der Waals surface area contributed by atoms with Gasteiger partial charge in [-0.05, 0) is 28.8 Å². The zero-order chi connectivity index (χ0) is 24.8. The highest BCUT2D eigenvalue weighted by molar-refractivity contribution is 5.83. The SMILES string of the molecule is NC1(C(=O)O)CC(C(=O)O)N(Cc2ccc(OCc3ccccc3)c(OCc3ccccc3)c2)C1. The number of aliphatic carboxylic acids is 2. The van der Waals surface area contributed by atoms with Gasteiger partial charge in [0.15, 0.2) is 11.5 Å². The summed E-state index contributed by atoms with van der Waals surface area (Å²) in [6, 6.07) is 23.9. The maximum absolute atomic E-state index is 11.8. The molecule has 1 aliphatic heterocycles. The van der Waals surface area contributed by atoms with Gasteiger partial charge in [-0.1, -0.05) is 66.7 Å². The van der Waals surface area contributed by atoms with E-state index in [-0.39, 0.29) is 19.5 Å². The van der Waals surface area contributed by atoms with E-state index >= 15 is 0 Å². The minimum Gasteiger partial charge on any atom is -0.485 e. The van der Waals surface area contributed by atoms with Crippen LogP contribution in [-0.4, -0.2) is 45.2 Å². The van der Waals surface area contributed by atoms with Crippen LogP contribution in [0.3, 0.4) is 0 Å². The molecule has 0 saturated carbocycles. The molecule has 8 nitrogen and oxygen atoms in total. The predicted molar refractivity (Wildman–Crippen MR) is 129 cm³/mol. The molecule has 35 heavy (non-hydrogen) atoms. The highest BCUT2D eigenvalue weighted by Gasteiger charge is 2.49. The summed E-state index contributed by atoms with van der Waals surface area (Å²) in [5.74, 6) is -1.22. The second-order valence-electron chi connectivity index (χ2n) is 8.75. The minimum absolute atomic E-state index is 0.0637. The highest BCUT2D eigenvalue weighted by Crippen LogP contribution is 2.33. The average Bonchev–Trinajstić information content (AvgIpc) is 3.21. The number of rotatable bonds is 10. The van der Waals surface area contributed by atoms with Gasteiger partial charge in [0.2, 0.25) is 0 Å². The minimum atomic E-state index is -1.60. The van der Waals surface area contributed by atoms with E-state index in [1.807, 2.05) is 66.7 Å². The van der Waals surface area contributed by atoms with E-state index < -0.39 is 23.5 Å². The smallest absolute Gasteiger partial charge is 0.325 e. The van der Waals surface area contributed by atoms with Crippen LogP contribution >= 0.6 is 0 Å². The van der Waals surface area contributed by atoms with Gasteiger partial charge in [-0.15, -0.1) is 0 Å². The molecule has 0 amide bonds. The summed E-state index contributed by atoms with van der Waals surface area (Å²) in [6.07, 6.45) is -0.159. The van der Waals surface area contributed by atoms with E-state index in [0.717, 1.165) is 16.7 Å². The fourth-order valence-corrected chi connectivity index (χ4v) is 4.16. The Labute approximate surface area is 203 Å². The number of hydrogen-bond donors (Lipinski definition) is 3. The van der Waals surface area contributed by atoms with E-state index in [1.54, 1.807) is 17.0 Å². The van der Waals surface area contributed by atoms with Crippen LogP contribution in [-0.2, 0) is 29.3 Å². The van der Waals surface area contributed by atoms with Crippen molar-refractivity contribution in [2.45, 2.75) is 37.8 Å². The van der Waals surface area contributed by atoms with Crippen molar-refractivity contribution in [2.75, 3.05) is 6.54 Å². The Morgan fingerprint density at radius 2 is 1.43 bits per heavy atom. The molecule has 0 aromatic heterocycles. The quantitative estimate of drug-likeness (QED) is 0.408. The van der Waals surface area contributed by atoms with E-state index in [9.17, 15) is 19.8 Å². The first kappa shape index (κ1) is 24.3. The van der Waals surface area contributed by atoms with Crippen LogP contribution in [0.2, 0.25) is 0 Å². The standard InChI is InChI=1S/C27H28N2O6/c28-27(26(32)33)14-22(25(30)31)29(18-27)15-21-11-12-23(34-16-19-7-3-1-4-8-19)24(13-21)35-17-20-9-5-2-6-10-20/h1-13,22H,14-18,28H2,(H,30,31)(H,32,33). The second-order valence-corrected chi connectivity index (χ2v) is 8.75. The van der Waals surface area contributed by atoms with Gasteiger partial charge in [-0.25, -0.2) is 0 Å². The monoisotopic (exact) mass is 476 g/mol. The van der Waals surface area contributed by atoms with Crippen LogP contribution in [0.15, 0.2) is 78.9 Å². The Morgan fingerprint density at radius 1 is 0.857 bits per heavy atom. The van der Waals surface area contributed by atoms with Crippen LogP contribution in [0.1, 0.15) is 23.1 Å². The van der Waals surface area contributed by atoms with Crippen molar-refractivity contribution in [3.8, 4) is 11.5 Å². The molecule has 2 unspecified atom stereocenters. The van der Waals surface area contributed by atoms with Crippen molar-refractivity contribution < 1.29 is 29.3 Å². The lowest BCUT2D eigenvalue weighted by atomic mass is 9.98. The second kappa shape index (κ2) is 10.6. The first-order valence-electron chi connectivity index (χ1n) is 11.3. The van der Waals surface area contributed by atoms with Gasteiger partial charge in [0.25, 0.3) is 0 Å². The van der Waals surface area contributed by atoms with E-state index in [1.165, 1.54) is 0 Å². The maximum atomic E-state index is 11.8. The molecule has 4 rings (SSSR count). The van der Waals surface area contributed by atoms with Crippen LogP contribution < -0.4 is 15.2 Å². The third-order valence-electron chi connectivity index (χ3n) is 6.06. The van der Waals surface area contributed by atoms with Crippen LogP contribution in [0, 0.1) is 0 Å². The van der Waals surface area contributed by atoms with Gasteiger partial charge in [-0.3, -0.25) is 14.5 Å². The molecule has 0 spiro atoms. The molecule has 3 aromatic rings. The van der Waals surface area contributed by atoms with Crippen LogP contribution in [0.5, 0.6) is 11.5 Å². The Bertz CT molecular complexity index is 1170. The van der Waals surface area contributed by atoms with Crippen molar-refractivity contribution in [2.24, 2.45) is 5.73 Å². The average molecular weight is 477 g/mol. The summed E-state index contributed by atoms with van der Waals surface area (Å²) in [5, 5.41) is 19.1. The number of likely N-dealkylation sites (tertiary alicyclic amines) is 1. The van der Waals surface area contributed by atoms with Crippen molar-refractivity contribution in [1.29, 1.82) is 0 Å². The fraction of sp³-hybridized carbons (Fsp3) is 0.259. The molecular formula is C27H28N2O6. The van der Waals surface area contributed by atoms with Crippen molar-refractivity contribution in [1.82, 2.24) is 4.90 Å². The Balaban J connectivity index is 1.55. The van der Waals surface area contributed by atoms with Crippen LogP contribution in [0.25, 0.3) is 0 Å². The number of benzene rings is 3. The fourth-order valence-electron chi connectivity index (χ4n) is 4.16. The summed E-state index contributed by atoms with van der Waals surface area (Å²) in [7, 11) is 0. The Morgan fingerprint density at radius 3 is 1.97 bits per heavy atom. The van der Waals surface area contributed by atoms with E-state index in [2.05, 4.69) is 0 Å². The van der Waals surface area contributed by atoms with Gasteiger partial charge < -0.3 is 25.4 Å². The summed E-state index contributed by atoms with van der Waals surface area (Å²) >= 11 is 0. The molecule has 0 bridgehead atoms. The van der Waals surface area contributed by atoms with Gasteiger partial charge in [0, 0.05) is 19.5 Å². The number of carboxylic acids is 2. The van der Waals surface area contributed by atoms with Gasteiger partial charge in [0.1, 0.15) is 24.8 Å². The molecule has 3 aromatic carbocycles. The molecule has 1 heterocycles. The number of nitrogens with zero attached hydrogens (tertiary/aromatic N) is 1. The third-order valence-corrected chi connectivity index (χ3v) is 6.06. The molecule has 2 atom stereocenters. The highest BCUT2D eigenvalue weighted by atomic mass is 16.5. The lowest BCUT2D eigenvalue weighted by Crippen LogP contribution is -2.50. The first-order valence-corrected chi connectivity index (χ1v) is 11.3. The first-order chi connectivity index (χ1) is 16.8. The number of ether oxygens (including phenoxy) is 2. The van der Waals surface area contributed by atoms with E-state index in [0.29, 0.717) is 24.7 Å². The van der Waals surface area contributed by atoms with Crippen molar-refractivity contribution >= 4 is 11.9 Å². The molecule has 0 radical (unpaired) electrons. The molecule has 182 valence electrons. The Kier molecular flexibility index (Phi) is 7.33. The van der Waals surface area contributed by atoms with Gasteiger partial charge in [0.05, 0.1) is 0 Å². The molecule has 1 fully saturated rings. The van der Waals surface area contributed by atoms with Gasteiger partial charge in [-0.2, -0.15) is 0 Å². The molecular weight excluding hydrogens is 448 g/mol. The number of hydrogen-bond acceptors (Lipinski definition) is 6. The third kappa shape index (κ3) is 5.98. The molecule has 1 aliphatic rings. The maximum Gasteiger partial charge on any atom is 0.325 e. The summed E-state index contributed by atoms with van der Waals surface area (Å²) in [6.45, 7) is 0.845. The van der Waals surface area contributed by atoms with E-state index in [4.69, 9.17) is 15.2 Å². The summed E-state index contributed by atoms with van der Waals surface area (Å²) < 4.78 is 12.1. The topological polar surface area (TPSA) is 122 Å². The lowest BCUT2D eigenvalue weighted by Gasteiger charge is -2.22. The normalized spacial score (nSPS) is 19.9. The van der Waals surface area contributed by atoms with Crippen molar-refractivity contribution in [3.63, 3.8) is 0 Å². The van der Waals surface area contributed by atoms with Gasteiger partial charge >= 0.3 is 11.9 Å². The summed E-state index contributed by atoms with van der Waals surface area (Å²) in [4.78, 5) is 25.0. The predicted octanol–water partition coefficient (Wildman–Crippen LogP) is 3.29. The largest absolute Gasteiger partial charge is 0.485 e. The zero-order valence-corrected chi connectivity index (χ0v) is 19.2. The van der Waals surface area contributed by atoms with Crippen LogP contribution in [0.4, 0.5) is 0 Å².